The molecule has 1 rings (SSSR count). The average molecular weight is 239 g/mol. The van der Waals surface area contributed by atoms with Crippen LogP contribution >= 0.6 is 0 Å². The molecule has 98 valence electrons. The van der Waals surface area contributed by atoms with E-state index in [1.54, 1.807) is 13.8 Å². The van der Waals surface area contributed by atoms with Gasteiger partial charge in [0.25, 0.3) is 0 Å². The molecule has 0 amide bonds. The van der Waals surface area contributed by atoms with Gasteiger partial charge in [-0.2, -0.15) is 0 Å². The molecule has 0 aliphatic carbocycles. The molecule has 0 saturated heterocycles. The van der Waals surface area contributed by atoms with Gasteiger partial charge >= 0.3 is 0 Å². The molecule has 0 radical (unpaired) electrons. The number of aromatic amines is 1. The maximum Gasteiger partial charge on any atom is 0.117 e. The highest BCUT2D eigenvalue weighted by Gasteiger charge is 2.23. The summed E-state index contributed by atoms with van der Waals surface area (Å²) < 4.78 is 0. The zero-order chi connectivity index (χ0) is 12.7. The van der Waals surface area contributed by atoms with E-state index in [0.29, 0.717) is 5.69 Å². The Morgan fingerprint density at radius 1 is 1.12 bits per heavy atom. The van der Waals surface area contributed by atoms with Gasteiger partial charge in [0.05, 0.1) is 5.69 Å². The number of nitrogens with one attached hydrogen (secondary N) is 1. The van der Waals surface area contributed by atoms with Gasteiger partial charge < -0.3 is 5.11 Å². The molecular weight excluding hydrogens is 214 g/mol. The number of aromatic nitrogens is 3. The summed E-state index contributed by atoms with van der Waals surface area (Å²) in [6.07, 6.45) is 8.55. The van der Waals surface area contributed by atoms with E-state index >= 15 is 0 Å². The summed E-state index contributed by atoms with van der Waals surface area (Å²) in [4.78, 5) is 0. The van der Waals surface area contributed by atoms with E-state index in [0.717, 1.165) is 18.5 Å². The van der Waals surface area contributed by atoms with Crippen molar-refractivity contribution in [3.8, 4) is 0 Å². The summed E-state index contributed by atoms with van der Waals surface area (Å²) in [5.74, 6) is 0. The fourth-order valence-corrected chi connectivity index (χ4v) is 2.00. The Bertz CT molecular complexity index is 315. The van der Waals surface area contributed by atoms with Gasteiger partial charge in [0.15, 0.2) is 0 Å². The summed E-state index contributed by atoms with van der Waals surface area (Å²) in [5.41, 5.74) is 0.768. The molecule has 0 saturated carbocycles. The largest absolute Gasteiger partial charge is 0.384 e. The van der Waals surface area contributed by atoms with Crippen LogP contribution in [0.2, 0.25) is 0 Å². The quantitative estimate of drug-likeness (QED) is 0.686. The topological polar surface area (TPSA) is 61.8 Å². The van der Waals surface area contributed by atoms with Crippen LogP contribution in [0, 0.1) is 0 Å². The molecule has 0 aromatic carbocycles. The number of nitrogens with zero attached hydrogens (tertiary/aromatic N) is 2. The van der Waals surface area contributed by atoms with Crippen molar-refractivity contribution in [2.45, 2.75) is 71.3 Å². The Hall–Kier alpha value is -0.900. The lowest BCUT2D eigenvalue weighted by atomic mass is 10.00. The van der Waals surface area contributed by atoms with Crippen LogP contribution in [0.3, 0.4) is 0 Å². The van der Waals surface area contributed by atoms with Gasteiger partial charge in [0, 0.05) is 0 Å². The Morgan fingerprint density at radius 3 is 2.41 bits per heavy atom. The summed E-state index contributed by atoms with van der Waals surface area (Å²) in [6.45, 7) is 5.72. The lowest BCUT2D eigenvalue weighted by Gasteiger charge is -2.15. The normalized spacial score (nSPS) is 12.0. The maximum absolute atomic E-state index is 9.91. The smallest absolute Gasteiger partial charge is 0.117 e. The highest BCUT2D eigenvalue weighted by atomic mass is 16.3. The Labute approximate surface area is 104 Å². The lowest BCUT2D eigenvalue weighted by Crippen LogP contribution is -2.18. The van der Waals surface area contributed by atoms with Gasteiger partial charge in [-0.1, -0.05) is 44.2 Å². The monoisotopic (exact) mass is 239 g/mol. The van der Waals surface area contributed by atoms with Crippen molar-refractivity contribution in [2.24, 2.45) is 0 Å². The second-order valence-electron chi connectivity index (χ2n) is 5.22. The minimum absolute atomic E-state index is 0.686. The van der Waals surface area contributed by atoms with Crippen molar-refractivity contribution in [3.05, 3.63) is 11.4 Å². The third-order valence-electron chi connectivity index (χ3n) is 2.98. The summed E-state index contributed by atoms with van der Waals surface area (Å²) >= 11 is 0. The predicted octanol–water partition coefficient (Wildman–Crippen LogP) is 2.94. The number of hydrogen-bond donors (Lipinski definition) is 2. The number of hydrogen-bond acceptors (Lipinski definition) is 3. The van der Waals surface area contributed by atoms with Crippen LogP contribution in [-0.2, 0) is 12.0 Å². The van der Waals surface area contributed by atoms with Crippen LogP contribution < -0.4 is 0 Å². The Kier molecular flexibility index (Phi) is 5.62. The minimum Gasteiger partial charge on any atom is -0.384 e. The SMILES string of the molecule is CCCCCCCCc1[nH]nnc1C(C)(C)O. The number of aliphatic hydroxyl groups is 1. The van der Waals surface area contributed by atoms with Crippen molar-refractivity contribution >= 4 is 0 Å². The highest BCUT2D eigenvalue weighted by molar-refractivity contribution is 5.15. The molecule has 1 aromatic heterocycles. The molecule has 17 heavy (non-hydrogen) atoms. The van der Waals surface area contributed by atoms with Crippen LogP contribution in [0.5, 0.6) is 0 Å². The summed E-state index contributed by atoms with van der Waals surface area (Å²) in [7, 11) is 0. The molecule has 0 unspecified atom stereocenters. The number of unbranched alkanes of at least 4 members (excludes halogenated alkanes) is 5. The van der Waals surface area contributed by atoms with Crippen molar-refractivity contribution < 1.29 is 5.11 Å². The molecule has 0 bridgehead atoms. The van der Waals surface area contributed by atoms with Gasteiger partial charge in [0.1, 0.15) is 11.3 Å². The fourth-order valence-electron chi connectivity index (χ4n) is 2.00. The van der Waals surface area contributed by atoms with Crippen LogP contribution in [0.1, 0.15) is 70.7 Å². The second kappa shape index (κ2) is 6.74. The maximum atomic E-state index is 9.91. The van der Waals surface area contributed by atoms with Gasteiger partial charge in [-0.15, -0.1) is 5.10 Å². The van der Waals surface area contributed by atoms with Gasteiger partial charge in [0.2, 0.25) is 0 Å². The molecule has 0 aliphatic heterocycles. The van der Waals surface area contributed by atoms with Gasteiger partial charge in [-0.05, 0) is 26.7 Å². The van der Waals surface area contributed by atoms with Crippen LogP contribution in [0.15, 0.2) is 0 Å². The Morgan fingerprint density at radius 2 is 1.76 bits per heavy atom. The van der Waals surface area contributed by atoms with Gasteiger partial charge in [-0.25, -0.2) is 0 Å². The van der Waals surface area contributed by atoms with E-state index in [9.17, 15) is 5.11 Å². The first-order valence-electron chi connectivity index (χ1n) is 6.68. The molecule has 0 atom stereocenters. The van der Waals surface area contributed by atoms with Crippen molar-refractivity contribution in [1.29, 1.82) is 0 Å². The van der Waals surface area contributed by atoms with Crippen LogP contribution in [0.4, 0.5) is 0 Å². The van der Waals surface area contributed by atoms with Crippen molar-refractivity contribution in [3.63, 3.8) is 0 Å². The fraction of sp³-hybridized carbons (Fsp3) is 0.846. The molecule has 1 heterocycles. The molecule has 0 aliphatic rings. The second-order valence-corrected chi connectivity index (χ2v) is 5.22. The number of H-pyrrole nitrogens is 1. The van der Waals surface area contributed by atoms with Crippen molar-refractivity contribution in [1.82, 2.24) is 15.4 Å². The van der Waals surface area contributed by atoms with Crippen LogP contribution in [0.25, 0.3) is 0 Å². The first kappa shape index (κ1) is 14.2. The van der Waals surface area contributed by atoms with E-state index in [4.69, 9.17) is 0 Å². The minimum atomic E-state index is -0.898. The molecule has 0 spiro atoms. The third-order valence-corrected chi connectivity index (χ3v) is 2.98. The molecular formula is C13H25N3O. The summed E-state index contributed by atoms with van der Waals surface area (Å²) in [5, 5.41) is 20.5. The number of aryl methyl sites for hydroxylation is 1. The molecule has 1 aromatic rings. The zero-order valence-electron chi connectivity index (χ0n) is 11.3. The lowest BCUT2D eigenvalue weighted by molar-refractivity contribution is 0.0727. The Balaban J connectivity index is 2.30. The van der Waals surface area contributed by atoms with Crippen molar-refractivity contribution in [2.75, 3.05) is 0 Å². The van der Waals surface area contributed by atoms with Crippen LogP contribution in [-0.4, -0.2) is 20.5 Å². The first-order valence-corrected chi connectivity index (χ1v) is 6.68. The van der Waals surface area contributed by atoms with E-state index in [-0.39, 0.29) is 0 Å². The van der Waals surface area contributed by atoms with Gasteiger partial charge in [-0.3, -0.25) is 5.10 Å². The molecule has 4 nitrogen and oxygen atoms in total. The first-order chi connectivity index (χ1) is 8.05. The van der Waals surface area contributed by atoms with E-state index in [1.165, 1.54) is 32.1 Å². The van der Waals surface area contributed by atoms with E-state index in [1.807, 2.05) is 0 Å². The number of rotatable bonds is 8. The molecule has 4 heteroatoms. The molecule has 0 fully saturated rings. The average Bonchev–Trinajstić information content (AvgIpc) is 2.71. The summed E-state index contributed by atoms with van der Waals surface area (Å²) in [6, 6.07) is 0. The highest BCUT2D eigenvalue weighted by Crippen LogP contribution is 2.21. The third kappa shape index (κ3) is 4.86. The molecule has 2 N–H and O–H groups in total. The zero-order valence-corrected chi connectivity index (χ0v) is 11.3. The predicted molar refractivity (Wildman–Crippen MR) is 68.7 cm³/mol. The van der Waals surface area contributed by atoms with E-state index < -0.39 is 5.60 Å². The standard InChI is InChI=1S/C13H25N3O/c1-4-5-6-7-8-9-10-11-12(13(2,3)17)15-16-14-11/h17H,4-10H2,1-3H3,(H,14,15,16). The van der Waals surface area contributed by atoms with E-state index in [2.05, 4.69) is 22.3 Å².